The van der Waals surface area contributed by atoms with Gasteiger partial charge in [0.15, 0.2) is 0 Å². The van der Waals surface area contributed by atoms with Crippen molar-refractivity contribution >= 4 is 13.8 Å². The van der Waals surface area contributed by atoms with Gasteiger partial charge in [-0.2, -0.15) is 0 Å². The van der Waals surface area contributed by atoms with Gasteiger partial charge in [0, 0.05) is 13.0 Å². The molecular formula is C43H84NO7P. The van der Waals surface area contributed by atoms with Crippen LogP contribution in [0.3, 0.4) is 0 Å². The van der Waals surface area contributed by atoms with E-state index in [1.165, 1.54) is 122 Å². The van der Waals surface area contributed by atoms with Gasteiger partial charge < -0.3 is 27.9 Å². The van der Waals surface area contributed by atoms with Gasteiger partial charge in [-0.05, 0) is 64.2 Å². The number of phosphoric ester groups is 1. The number of phosphoric acid groups is 1. The highest BCUT2D eigenvalue weighted by Gasteiger charge is 2.20. The van der Waals surface area contributed by atoms with Crippen LogP contribution < -0.4 is 4.89 Å². The second-order valence-electron chi connectivity index (χ2n) is 15.7. The first-order valence-electron chi connectivity index (χ1n) is 21.6. The zero-order valence-electron chi connectivity index (χ0n) is 34.8. The van der Waals surface area contributed by atoms with E-state index in [1.807, 2.05) is 21.1 Å². The van der Waals surface area contributed by atoms with E-state index in [2.05, 4.69) is 38.2 Å². The van der Waals surface area contributed by atoms with Crippen LogP contribution in [0, 0.1) is 0 Å². The fourth-order valence-electron chi connectivity index (χ4n) is 5.83. The molecule has 0 N–H and O–H groups in total. The van der Waals surface area contributed by atoms with Crippen molar-refractivity contribution in [1.29, 1.82) is 0 Å². The van der Waals surface area contributed by atoms with Gasteiger partial charge in [0.05, 0.1) is 34.4 Å². The second-order valence-corrected chi connectivity index (χ2v) is 17.1. The van der Waals surface area contributed by atoms with E-state index in [0.717, 1.165) is 44.9 Å². The van der Waals surface area contributed by atoms with E-state index >= 15 is 0 Å². The molecule has 308 valence electrons. The number of allylic oxidation sites excluding steroid dienone is 4. The monoisotopic (exact) mass is 758 g/mol. The minimum atomic E-state index is -4.52. The molecule has 0 aliphatic rings. The first kappa shape index (κ1) is 51.0. The first-order chi connectivity index (χ1) is 25.1. The smallest absolute Gasteiger partial charge is 0.306 e. The van der Waals surface area contributed by atoms with Gasteiger partial charge >= 0.3 is 5.97 Å². The third-order valence-electron chi connectivity index (χ3n) is 9.23. The Morgan fingerprint density at radius 3 is 1.46 bits per heavy atom. The maximum absolute atomic E-state index is 12.6. The minimum Gasteiger partial charge on any atom is -0.756 e. The number of unbranched alkanes of at least 4 members (excludes halogenated alkanes) is 22. The maximum Gasteiger partial charge on any atom is 0.306 e. The Balaban J connectivity index is 4.26. The first-order valence-corrected chi connectivity index (χ1v) is 23.0. The average Bonchev–Trinajstić information content (AvgIpc) is 3.09. The molecule has 0 aliphatic carbocycles. The van der Waals surface area contributed by atoms with E-state index in [1.54, 1.807) is 0 Å². The van der Waals surface area contributed by atoms with Crippen LogP contribution in [0.2, 0.25) is 0 Å². The molecule has 0 aromatic heterocycles. The summed E-state index contributed by atoms with van der Waals surface area (Å²) in [6.45, 7) is 5.38. The molecule has 0 fully saturated rings. The molecule has 2 atom stereocenters. The van der Waals surface area contributed by atoms with Gasteiger partial charge in [-0.15, -0.1) is 0 Å². The number of hydrogen-bond acceptors (Lipinski definition) is 7. The number of rotatable bonds is 40. The minimum absolute atomic E-state index is 0.0244. The van der Waals surface area contributed by atoms with Gasteiger partial charge in [0.2, 0.25) is 0 Å². The summed E-state index contributed by atoms with van der Waals surface area (Å²) in [5, 5.41) is 0. The Hall–Kier alpha value is -1.02. The predicted octanol–water partition coefficient (Wildman–Crippen LogP) is 11.8. The van der Waals surface area contributed by atoms with Crippen LogP contribution in [0.1, 0.15) is 187 Å². The Morgan fingerprint density at radius 2 is 1.00 bits per heavy atom. The molecule has 2 unspecified atom stereocenters. The summed E-state index contributed by atoms with van der Waals surface area (Å²) in [6.07, 6.45) is 40.4. The Labute approximate surface area is 322 Å². The number of esters is 1. The van der Waals surface area contributed by atoms with Crippen LogP contribution in [-0.4, -0.2) is 70.7 Å². The van der Waals surface area contributed by atoms with Crippen LogP contribution in [0.4, 0.5) is 0 Å². The lowest BCUT2D eigenvalue weighted by Gasteiger charge is -2.28. The number of hydrogen-bond donors (Lipinski definition) is 0. The number of nitrogens with zero attached hydrogens (tertiary/aromatic N) is 1. The molecule has 52 heavy (non-hydrogen) atoms. The molecule has 0 heterocycles. The van der Waals surface area contributed by atoms with Crippen molar-refractivity contribution in [2.75, 3.05) is 54.1 Å². The normalized spacial score (nSPS) is 14.0. The molecule has 0 radical (unpaired) electrons. The summed E-state index contributed by atoms with van der Waals surface area (Å²) in [6, 6.07) is 0. The molecule has 0 aromatic carbocycles. The summed E-state index contributed by atoms with van der Waals surface area (Å²) < 4.78 is 34.5. The van der Waals surface area contributed by atoms with E-state index in [-0.39, 0.29) is 25.8 Å². The van der Waals surface area contributed by atoms with Gasteiger partial charge in [0.1, 0.15) is 19.3 Å². The van der Waals surface area contributed by atoms with Crippen molar-refractivity contribution in [3.05, 3.63) is 24.3 Å². The van der Waals surface area contributed by atoms with Crippen molar-refractivity contribution in [2.45, 2.75) is 193 Å². The molecule has 9 heteroatoms. The highest BCUT2D eigenvalue weighted by Crippen LogP contribution is 2.38. The molecule has 0 aromatic rings. The van der Waals surface area contributed by atoms with E-state index in [9.17, 15) is 14.3 Å². The maximum atomic E-state index is 12.6. The largest absolute Gasteiger partial charge is 0.756 e. The Morgan fingerprint density at radius 1 is 0.577 bits per heavy atom. The second kappa shape index (κ2) is 36.9. The van der Waals surface area contributed by atoms with Crippen LogP contribution in [0.5, 0.6) is 0 Å². The Kier molecular flexibility index (Phi) is 36.2. The zero-order valence-corrected chi connectivity index (χ0v) is 35.7. The molecule has 0 rings (SSSR count). The highest BCUT2D eigenvalue weighted by molar-refractivity contribution is 7.45. The molecule has 0 aliphatic heterocycles. The summed E-state index contributed by atoms with van der Waals surface area (Å²) in [5.41, 5.74) is 0. The van der Waals surface area contributed by atoms with E-state index in [4.69, 9.17) is 18.5 Å². The number of ether oxygens (including phenoxy) is 2. The summed E-state index contributed by atoms with van der Waals surface area (Å²) >= 11 is 0. The van der Waals surface area contributed by atoms with Gasteiger partial charge in [-0.25, -0.2) is 0 Å². The summed E-state index contributed by atoms with van der Waals surface area (Å²) in [7, 11) is 1.35. The topological polar surface area (TPSA) is 94.1 Å². The fraction of sp³-hybridized carbons (Fsp3) is 0.884. The number of quaternary nitrogens is 1. The van der Waals surface area contributed by atoms with Gasteiger partial charge in [-0.1, -0.05) is 141 Å². The molecule has 0 saturated carbocycles. The lowest BCUT2D eigenvalue weighted by atomic mass is 10.1. The SMILES string of the molecule is CCCCCCC/C=C\CCCCCCCC(=O)OC(COCCCCCCCC/C=C\CCCCCCCC)COP(=O)([O-])OCC[N+](C)(C)C. The molecule has 0 spiro atoms. The van der Waals surface area contributed by atoms with Crippen molar-refractivity contribution in [3.63, 3.8) is 0 Å². The van der Waals surface area contributed by atoms with Crippen molar-refractivity contribution < 1.29 is 37.3 Å². The van der Waals surface area contributed by atoms with Crippen LogP contribution in [0.15, 0.2) is 24.3 Å². The number of carbonyl (C=O) groups is 1. The zero-order chi connectivity index (χ0) is 38.4. The Bertz CT molecular complexity index is 889. The summed E-state index contributed by atoms with van der Waals surface area (Å²) in [4.78, 5) is 25.0. The summed E-state index contributed by atoms with van der Waals surface area (Å²) in [5.74, 6) is -0.344. The third kappa shape index (κ3) is 40.2. The van der Waals surface area contributed by atoms with Crippen molar-refractivity contribution in [2.24, 2.45) is 0 Å². The average molecular weight is 758 g/mol. The molecule has 0 amide bonds. The van der Waals surface area contributed by atoms with Crippen LogP contribution in [-0.2, 0) is 27.9 Å². The lowest BCUT2D eigenvalue weighted by Crippen LogP contribution is -2.37. The lowest BCUT2D eigenvalue weighted by molar-refractivity contribution is -0.870. The quantitative estimate of drug-likeness (QED) is 0.0202. The van der Waals surface area contributed by atoms with E-state index < -0.39 is 13.9 Å². The standard InChI is InChI=1S/C43H84NO7P/c1-6-8-10-12-14-16-18-20-22-23-25-27-29-31-33-35-38-48-40-42(41-50-52(46,47)49-39-37-44(3,4)5)51-43(45)36-34-32-30-28-26-24-21-19-17-15-13-11-9-7-2/h19-22,42H,6-18,23-41H2,1-5H3/b21-19-,22-20-. The third-order valence-corrected chi connectivity index (χ3v) is 10.2. The predicted molar refractivity (Wildman–Crippen MR) is 217 cm³/mol. The van der Waals surface area contributed by atoms with Crippen LogP contribution >= 0.6 is 7.82 Å². The van der Waals surface area contributed by atoms with E-state index in [0.29, 0.717) is 24.1 Å². The van der Waals surface area contributed by atoms with Gasteiger partial charge in [0.25, 0.3) is 7.82 Å². The molecule has 0 bridgehead atoms. The van der Waals surface area contributed by atoms with Crippen LogP contribution in [0.25, 0.3) is 0 Å². The van der Waals surface area contributed by atoms with Gasteiger partial charge in [-0.3, -0.25) is 9.36 Å². The molecule has 0 saturated heterocycles. The fourth-order valence-corrected chi connectivity index (χ4v) is 6.56. The number of likely N-dealkylation sites (N-methyl/N-ethyl adjacent to an activating group) is 1. The van der Waals surface area contributed by atoms with Crippen molar-refractivity contribution in [3.8, 4) is 0 Å². The molecule has 8 nitrogen and oxygen atoms in total. The number of carbonyl (C=O) groups excluding carboxylic acids is 1. The molecular weight excluding hydrogens is 673 g/mol. The van der Waals surface area contributed by atoms with Crippen molar-refractivity contribution in [1.82, 2.24) is 0 Å². The highest BCUT2D eigenvalue weighted by atomic mass is 31.2.